The van der Waals surface area contributed by atoms with Gasteiger partial charge in [-0.05, 0) is 36.8 Å². The minimum Gasteiger partial charge on any atom is -0.379 e. The van der Waals surface area contributed by atoms with Crippen LogP contribution in [0.4, 0.5) is 5.69 Å². The van der Waals surface area contributed by atoms with Gasteiger partial charge < -0.3 is 9.64 Å². The Bertz CT molecular complexity index is 1360. The maximum Gasteiger partial charge on any atom is 0.269 e. The minimum atomic E-state index is -4.11. The number of amides is 1. The first-order valence-electron chi connectivity index (χ1n) is 12.6. The molecule has 0 saturated carbocycles. The monoisotopic (exact) mass is 572 g/mol. The van der Waals surface area contributed by atoms with E-state index < -0.39 is 14.9 Å². The Balaban J connectivity index is 1.58. The van der Waals surface area contributed by atoms with Crippen LogP contribution in [0.3, 0.4) is 0 Å². The molecule has 1 saturated heterocycles. The molecule has 1 fully saturated rings. The highest BCUT2D eigenvalue weighted by atomic mass is 32.2. The van der Waals surface area contributed by atoms with E-state index in [4.69, 9.17) is 4.74 Å². The molecule has 12 heteroatoms. The zero-order chi connectivity index (χ0) is 27.8. The molecular formula is C27H32N4O6S2. The molecule has 0 bridgehead atoms. The average Bonchev–Trinajstić information content (AvgIpc) is 3.36. The van der Waals surface area contributed by atoms with E-state index >= 15 is 0 Å². The fourth-order valence-corrected chi connectivity index (χ4v) is 6.58. The van der Waals surface area contributed by atoms with Gasteiger partial charge in [0.25, 0.3) is 5.69 Å². The Labute approximate surface area is 232 Å². The van der Waals surface area contributed by atoms with Crippen LogP contribution in [0.5, 0.6) is 0 Å². The van der Waals surface area contributed by atoms with E-state index in [0.717, 1.165) is 27.5 Å². The summed E-state index contributed by atoms with van der Waals surface area (Å²) < 4.78 is 34.0. The maximum absolute atomic E-state index is 13.7. The second-order valence-corrected chi connectivity index (χ2v) is 12.6. The van der Waals surface area contributed by atoms with E-state index in [-0.39, 0.29) is 29.6 Å². The smallest absolute Gasteiger partial charge is 0.269 e. The number of rotatable bonds is 12. The summed E-state index contributed by atoms with van der Waals surface area (Å²) in [4.78, 5) is 30.1. The standard InChI is InChI=1S/C27H32N4O6S2/c1-22-7-10-25(38-22)20-29(19-23-5-3-2-4-6-23)27(32)21-30(14-13-28-15-17-37-18-16-28)39(35,36)26-11-8-24(9-12-26)31(33)34/h2-12H,13-21H2,1H3. The van der Waals surface area contributed by atoms with Crippen molar-refractivity contribution in [2.45, 2.75) is 24.9 Å². The molecule has 0 aliphatic carbocycles. The van der Waals surface area contributed by atoms with Gasteiger partial charge in [-0.25, -0.2) is 8.42 Å². The molecule has 0 unspecified atom stereocenters. The number of sulfonamides is 1. The molecule has 2 heterocycles. The van der Waals surface area contributed by atoms with Crippen molar-refractivity contribution in [2.75, 3.05) is 45.9 Å². The number of carbonyl (C=O) groups excluding carboxylic acids is 1. The lowest BCUT2D eigenvalue weighted by Gasteiger charge is -2.31. The van der Waals surface area contributed by atoms with Crippen LogP contribution in [-0.2, 0) is 32.6 Å². The molecule has 0 spiro atoms. The number of nitro groups is 1. The van der Waals surface area contributed by atoms with Gasteiger partial charge in [0.1, 0.15) is 0 Å². The summed E-state index contributed by atoms with van der Waals surface area (Å²) in [5.41, 5.74) is 0.738. The van der Waals surface area contributed by atoms with Crippen LogP contribution in [0.1, 0.15) is 15.3 Å². The van der Waals surface area contributed by atoms with Crippen LogP contribution in [0.2, 0.25) is 0 Å². The van der Waals surface area contributed by atoms with Crippen LogP contribution >= 0.6 is 11.3 Å². The van der Waals surface area contributed by atoms with E-state index in [1.165, 1.54) is 16.4 Å². The van der Waals surface area contributed by atoms with Gasteiger partial charge in [-0.1, -0.05) is 30.3 Å². The van der Waals surface area contributed by atoms with Crippen molar-refractivity contribution in [3.63, 3.8) is 0 Å². The maximum atomic E-state index is 13.7. The number of hydrogen-bond acceptors (Lipinski definition) is 8. The second-order valence-electron chi connectivity index (χ2n) is 9.29. The molecular weight excluding hydrogens is 540 g/mol. The van der Waals surface area contributed by atoms with Crippen molar-refractivity contribution >= 4 is 33.0 Å². The quantitative estimate of drug-likeness (QED) is 0.241. The molecule has 4 rings (SSSR count). The SMILES string of the molecule is Cc1ccc(CN(Cc2ccccc2)C(=O)CN(CCN2CCOCC2)S(=O)(=O)c2ccc([N+](=O)[O-])cc2)s1. The first kappa shape index (κ1) is 28.8. The summed E-state index contributed by atoms with van der Waals surface area (Å²) in [5.74, 6) is -0.322. The third-order valence-corrected chi connectivity index (χ3v) is 9.32. The highest BCUT2D eigenvalue weighted by molar-refractivity contribution is 7.89. The Hall–Kier alpha value is -3.16. The number of ether oxygens (including phenoxy) is 1. The van der Waals surface area contributed by atoms with Crippen LogP contribution in [0.25, 0.3) is 0 Å². The largest absolute Gasteiger partial charge is 0.379 e. The molecule has 0 radical (unpaired) electrons. The van der Waals surface area contributed by atoms with Crippen LogP contribution in [0.15, 0.2) is 71.6 Å². The van der Waals surface area contributed by atoms with Crippen LogP contribution in [-0.4, -0.2) is 79.3 Å². The summed E-state index contributed by atoms with van der Waals surface area (Å²) >= 11 is 1.60. The average molecular weight is 573 g/mol. The van der Waals surface area contributed by atoms with Gasteiger partial charge in [0.05, 0.1) is 36.1 Å². The first-order chi connectivity index (χ1) is 18.7. The molecule has 3 aromatic rings. The highest BCUT2D eigenvalue weighted by Gasteiger charge is 2.30. The third-order valence-electron chi connectivity index (χ3n) is 6.48. The van der Waals surface area contributed by atoms with Gasteiger partial charge in [-0.2, -0.15) is 4.31 Å². The predicted molar refractivity (Wildman–Crippen MR) is 149 cm³/mol. The van der Waals surface area contributed by atoms with E-state index in [0.29, 0.717) is 45.9 Å². The number of thiophene rings is 1. The van der Waals surface area contributed by atoms with Gasteiger partial charge in [-0.3, -0.25) is 19.8 Å². The molecule has 1 aromatic heterocycles. The molecule has 208 valence electrons. The summed E-state index contributed by atoms with van der Waals surface area (Å²) in [6, 6.07) is 18.3. The van der Waals surface area contributed by atoms with Gasteiger partial charge in [0, 0.05) is 54.6 Å². The summed E-state index contributed by atoms with van der Waals surface area (Å²) in [5, 5.41) is 11.1. The molecule has 1 aliphatic rings. The number of morpholine rings is 1. The second kappa shape index (κ2) is 13.3. The molecule has 1 aliphatic heterocycles. The number of hydrogen-bond donors (Lipinski definition) is 0. The predicted octanol–water partition coefficient (Wildman–Crippen LogP) is 3.52. The van der Waals surface area contributed by atoms with E-state index in [2.05, 4.69) is 4.90 Å². The molecule has 1 amide bonds. The lowest BCUT2D eigenvalue weighted by Crippen LogP contribution is -2.46. The van der Waals surface area contributed by atoms with Gasteiger partial charge in [0.15, 0.2) is 0 Å². The lowest BCUT2D eigenvalue weighted by atomic mass is 10.2. The summed E-state index contributed by atoms with van der Waals surface area (Å²) in [6.45, 7) is 5.38. The fourth-order valence-electron chi connectivity index (χ4n) is 4.30. The van der Waals surface area contributed by atoms with E-state index in [1.807, 2.05) is 49.4 Å². The van der Waals surface area contributed by atoms with Crippen LogP contribution < -0.4 is 0 Å². The van der Waals surface area contributed by atoms with E-state index in [1.54, 1.807) is 16.2 Å². The fraction of sp³-hybridized carbons (Fsp3) is 0.370. The Morgan fingerprint density at radius 1 is 1.03 bits per heavy atom. The van der Waals surface area contributed by atoms with Gasteiger partial charge in [-0.15, -0.1) is 11.3 Å². The van der Waals surface area contributed by atoms with Crippen molar-refractivity contribution in [3.8, 4) is 0 Å². The van der Waals surface area contributed by atoms with Gasteiger partial charge >= 0.3 is 0 Å². The zero-order valence-corrected chi connectivity index (χ0v) is 23.4. The number of nitrogens with zero attached hydrogens (tertiary/aromatic N) is 4. The topological polar surface area (TPSA) is 113 Å². The molecule has 10 nitrogen and oxygen atoms in total. The van der Waals surface area contributed by atoms with Crippen molar-refractivity contribution in [1.82, 2.24) is 14.1 Å². The number of benzene rings is 2. The Kier molecular flexibility index (Phi) is 9.81. The van der Waals surface area contributed by atoms with E-state index in [9.17, 15) is 23.3 Å². The highest BCUT2D eigenvalue weighted by Crippen LogP contribution is 2.22. The van der Waals surface area contributed by atoms with Crippen molar-refractivity contribution in [2.24, 2.45) is 0 Å². The number of non-ortho nitro benzene ring substituents is 1. The Morgan fingerprint density at radius 2 is 1.72 bits per heavy atom. The van der Waals surface area contributed by atoms with Gasteiger partial charge in [0.2, 0.25) is 15.9 Å². The Morgan fingerprint density at radius 3 is 2.33 bits per heavy atom. The lowest BCUT2D eigenvalue weighted by molar-refractivity contribution is -0.384. The summed E-state index contributed by atoms with van der Waals surface area (Å²) in [7, 11) is -4.11. The first-order valence-corrected chi connectivity index (χ1v) is 14.9. The van der Waals surface area contributed by atoms with Crippen molar-refractivity contribution in [3.05, 3.63) is 92.2 Å². The minimum absolute atomic E-state index is 0.0913. The summed E-state index contributed by atoms with van der Waals surface area (Å²) in [6.07, 6.45) is 0. The normalized spacial score (nSPS) is 14.4. The molecule has 0 atom stereocenters. The molecule has 0 N–H and O–H groups in total. The molecule has 39 heavy (non-hydrogen) atoms. The van der Waals surface area contributed by atoms with Crippen molar-refractivity contribution in [1.29, 1.82) is 0 Å². The van der Waals surface area contributed by atoms with Crippen LogP contribution in [0, 0.1) is 17.0 Å². The number of carbonyl (C=O) groups is 1. The zero-order valence-electron chi connectivity index (χ0n) is 21.8. The number of nitro benzene ring substituents is 1. The molecule has 2 aromatic carbocycles. The number of aryl methyl sites for hydroxylation is 1. The van der Waals surface area contributed by atoms with Crippen molar-refractivity contribution < 1.29 is 22.9 Å². The third kappa shape index (κ3) is 7.93.